The average Bonchev–Trinajstić information content (AvgIpc) is 3.16. The lowest BCUT2D eigenvalue weighted by Gasteiger charge is -2.28. The molecule has 4 nitrogen and oxygen atoms in total. The van der Waals surface area contributed by atoms with E-state index in [0.29, 0.717) is 12.1 Å². The van der Waals surface area contributed by atoms with E-state index in [1.807, 2.05) is 6.92 Å². The second-order valence-corrected chi connectivity index (χ2v) is 6.09. The molecule has 0 heterocycles. The van der Waals surface area contributed by atoms with E-state index in [4.69, 9.17) is 4.74 Å². The summed E-state index contributed by atoms with van der Waals surface area (Å²) in [5.74, 6) is 0. The third kappa shape index (κ3) is 6.38. The Labute approximate surface area is 118 Å². The van der Waals surface area contributed by atoms with Crippen molar-refractivity contribution < 1.29 is 4.74 Å². The highest BCUT2D eigenvalue weighted by molar-refractivity contribution is 5.07. The van der Waals surface area contributed by atoms with Gasteiger partial charge in [0.1, 0.15) is 5.54 Å². The highest BCUT2D eigenvalue weighted by Gasteiger charge is 2.32. The van der Waals surface area contributed by atoms with Crippen LogP contribution in [0.3, 0.4) is 0 Å². The first kappa shape index (κ1) is 16.4. The largest absolute Gasteiger partial charge is 0.383 e. The van der Waals surface area contributed by atoms with Crippen LogP contribution in [0.4, 0.5) is 0 Å². The minimum atomic E-state index is -0.356. The molecule has 1 atom stereocenters. The Bertz CT molecular complexity index is 296. The molecule has 0 aromatic carbocycles. The molecule has 0 spiro atoms. The summed E-state index contributed by atoms with van der Waals surface area (Å²) in [5.41, 5.74) is -0.356. The van der Waals surface area contributed by atoms with Crippen molar-refractivity contribution in [1.29, 1.82) is 5.26 Å². The van der Waals surface area contributed by atoms with E-state index in [-0.39, 0.29) is 5.54 Å². The van der Waals surface area contributed by atoms with E-state index < -0.39 is 0 Å². The van der Waals surface area contributed by atoms with Crippen molar-refractivity contribution in [2.24, 2.45) is 0 Å². The van der Waals surface area contributed by atoms with E-state index in [9.17, 15) is 5.26 Å². The van der Waals surface area contributed by atoms with Gasteiger partial charge in [0, 0.05) is 25.7 Å². The standard InChI is InChI=1S/C15H29N3O/c1-13(2)18(10-11-19-4)9-5-8-15(3,12-16)17-14-6-7-14/h13-14,17H,5-11H2,1-4H3. The predicted octanol–water partition coefficient (Wildman–Crippen LogP) is 2.16. The molecule has 0 amide bonds. The molecule has 0 saturated heterocycles. The van der Waals surface area contributed by atoms with Gasteiger partial charge in [0.2, 0.25) is 0 Å². The molecule has 1 unspecified atom stereocenters. The maximum absolute atomic E-state index is 9.33. The SMILES string of the molecule is COCCN(CCCC(C)(C#N)NC1CC1)C(C)C. The maximum atomic E-state index is 9.33. The van der Waals surface area contributed by atoms with Gasteiger partial charge in [0.05, 0.1) is 12.7 Å². The third-order valence-corrected chi connectivity index (χ3v) is 3.78. The highest BCUT2D eigenvalue weighted by atomic mass is 16.5. The van der Waals surface area contributed by atoms with E-state index in [1.54, 1.807) is 7.11 Å². The summed E-state index contributed by atoms with van der Waals surface area (Å²) in [6.07, 6.45) is 4.41. The number of nitrogens with zero attached hydrogens (tertiary/aromatic N) is 2. The lowest BCUT2D eigenvalue weighted by molar-refractivity contribution is 0.126. The summed E-state index contributed by atoms with van der Waals surface area (Å²) < 4.78 is 5.15. The molecule has 1 aliphatic rings. The van der Waals surface area contributed by atoms with Gasteiger partial charge in [0.15, 0.2) is 0 Å². The molecule has 0 radical (unpaired) electrons. The highest BCUT2D eigenvalue weighted by Crippen LogP contribution is 2.24. The van der Waals surface area contributed by atoms with Crippen LogP contribution in [0.1, 0.15) is 46.5 Å². The number of hydrogen-bond donors (Lipinski definition) is 1. The zero-order valence-corrected chi connectivity index (χ0v) is 12.9. The van der Waals surface area contributed by atoms with Crippen LogP contribution >= 0.6 is 0 Å². The predicted molar refractivity (Wildman–Crippen MR) is 78.0 cm³/mol. The van der Waals surface area contributed by atoms with Gasteiger partial charge in [-0.3, -0.25) is 10.2 Å². The summed E-state index contributed by atoms with van der Waals surface area (Å²) in [6, 6.07) is 3.55. The van der Waals surface area contributed by atoms with Crippen LogP contribution in [-0.4, -0.2) is 49.3 Å². The van der Waals surface area contributed by atoms with Gasteiger partial charge in [0.25, 0.3) is 0 Å². The van der Waals surface area contributed by atoms with Crippen LogP contribution in [0.5, 0.6) is 0 Å². The fourth-order valence-corrected chi connectivity index (χ4v) is 2.31. The van der Waals surface area contributed by atoms with Crippen molar-refractivity contribution >= 4 is 0 Å². The van der Waals surface area contributed by atoms with Crippen molar-refractivity contribution in [3.63, 3.8) is 0 Å². The minimum Gasteiger partial charge on any atom is -0.383 e. The van der Waals surface area contributed by atoms with Crippen molar-refractivity contribution in [3.05, 3.63) is 0 Å². The van der Waals surface area contributed by atoms with E-state index in [1.165, 1.54) is 12.8 Å². The third-order valence-electron chi connectivity index (χ3n) is 3.78. The molecule has 0 aromatic rings. The monoisotopic (exact) mass is 267 g/mol. The number of nitrogens with one attached hydrogen (secondary N) is 1. The van der Waals surface area contributed by atoms with Crippen LogP contribution in [0, 0.1) is 11.3 Å². The first-order valence-corrected chi connectivity index (χ1v) is 7.42. The second kappa shape index (κ2) is 7.84. The Balaban J connectivity index is 2.30. The zero-order valence-electron chi connectivity index (χ0n) is 12.9. The molecule has 0 aromatic heterocycles. The molecule has 1 aliphatic carbocycles. The Hall–Kier alpha value is -0.630. The number of nitriles is 1. The Morgan fingerprint density at radius 2 is 2.11 bits per heavy atom. The normalized spacial score (nSPS) is 18.6. The molecule has 4 heteroatoms. The van der Waals surface area contributed by atoms with Crippen molar-refractivity contribution in [2.75, 3.05) is 26.8 Å². The molecule has 1 fully saturated rings. The molecule has 1 saturated carbocycles. The van der Waals surface area contributed by atoms with Crippen LogP contribution in [-0.2, 0) is 4.74 Å². The zero-order chi connectivity index (χ0) is 14.3. The fraction of sp³-hybridized carbons (Fsp3) is 0.933. The summed E-state index contributed by atoms with van der Waals surface area (Å²) in [5, 5.41) is 12.8. The molecule has 1 rings (SSSR count). The first-order valence-electron chi connectivity index (χ1n) is 7.42. The van der Waals surface area contributed by atoms with Crippen LogP contribution in [0.25, 0.3) is 0 Å². The van der Waals surface area contributed by atoms with Gasteiger partial charge in [-0.05, 0) is 53.0 Å². The topological polar surface area (TPSA) is 48.3 Å². The van der Waals surface area contributed by atoms with E-state index in [0.717, 1.165) is 32.5 Å². The molecule has 19 heavy (non-hydrogen) atoms. The maximum Gasteiger partial charge on any atom is 0.104 e. The van der Waals surface area contributed by atoms with Gasteiger partial charge in [-0.15, -0.1) is 0 Å². The Morgan fingerprint density at radius 1 is 1.42 bits per heavy atom. The van der Waals surface area contributed by atoms with Gasteiger partial charge >= 0.3 is 0 Å². The molecular weight excluding hydrogens is 238 g/mol. The lowest BCUT2D eigenvalue weighted by atomic mass is 9.97. The van der Waals surface area contributed by atoms with Crippen LogP contribution in [0.2, 0.25) is 0 Å². The molecule has 0 aliphatic heterocycles. The summed E-state index contributed by atoms with van der Waals surface area (Å²) >= 11 is 0. The van der Waals surface area contributed by atoms with E-state index in [2.05, 4.69) is 30.1 Å². The van der Waals surface area contributed by atoms with Gasteiger partial charge in [-0.25, -0.2) is 0 Å². The van der Waals surface area contributed by atoms with Gasteiger partial charge in [-0.2, -0.15) is 5.26 Å². The van der Waals surface area contributed by atoms with Crippen molar-refractivity contribution in [3.8, 4) is 6.07 Å². The van der Waals surface area contributed by atoms with E-state index >= 15 is 0 Å². The summed E-state index contributed by atoms with van der Waals surface area (Å²) in [7, 11) is 1.74. The van der Waals surface area contributed by atoms with Crippen LogP contribution < -0.4 is 5.32 Å². The molecular formula is C15H29N3O. The van der Waals surface area contributed by atoms with Crippen molar-refractivity contribution in [1.82, 2.24) is 10.2 Å². The molecule has 110 valence electrons. The van der Waals surface area contributed by atoms with Gasteiger partial charge < -0.3 is 4.74 Å². The molecule has 0 bridgehead atoms. The average molecular weight is 267 g/mol. The van der Waals surface area contributed by atoms with Crippen LogP contribution in [0.15, 0.2) is 0 Å². The smallest absolute Gasteiger partial charge is 0.104 e. The minimum absolute atomic E-state index is 0.356. The lowest BCUT2D eigenvalue weighted by Crippen LogP contribution is -2.43. The van der Waals surface area contributed by atoms with Gasteiger partial charge in [-0.1, -0.05) is 0 Å². The summed E-state index contributed by atoms with van der Waals surface area (Å²) in [4.78, 5) is 2.42. The second-order valence-electron chi connectivity index (χ2n) is 6.09. The Morgan fingerprint density at radius 3 is 2.58 bits per heavy atom. The number of ether oxygens (including phenoxy) is 1. The van der Waals surface area contributed by atoms with Crippen molar-refractivity contribution in [2.45, 2.75) is 64.1 Å². The number of methoxy groups -OCH3 is 1. The molecule has 1 N–H and O–H groups in total. The fourth-order valence-electron chi connectivity index (χ4n) is 2.31. The first-order chi connectivity index (χ1) is 9.00. The number of hydrogen-bond acceptors (Lipinski definition) is 4. The quantitative estimate of drug-likeness (QED) is 0.659. The Kier molecular flexibility index (Phi) is 6.78. The number of rotatable bonds is 10. The summed E-state index contributed by atoms with van der Waals surface area (Å²) in [6.45, 7) is 9.22.